The number of nitrogens with one attached hydrogen (secondary N) is 1. The van der Waals surface area contributed by atoms with Gasteiger partial charge >= 0.3 is 12.1 Å². The first-order valence-corrected chi connectivity index (χ1v) is 3.25. The van der Waals surface area contributed by atoms with Crippen molar-refractivity contribution < 1.29 is 14.3 Å². The Morgan fingerprint density at radius 3 is 2.45 bits per heavy atom. The van der Waals surface area contributed by atoms with Crippen LogP contribution in [0.3, 0.4) is 0 Å². The Balaban J connectivity index is 3.46. The number of nitrogens with two attached hydrogens (primary N) is 1. The van der Waals surface area contributed by atoms with Crippen molar-refractivity contribution in [3.8, 4) is 0 Å². The molecule has 0 saturated carbocycles. The molecule has 0 rings (SSSR count). The Morgan fingerprint density at radius 2 is 2.09 bits per heavy atom. The summed E-state index contributed by atoms with van der Waals surface area (Å²) in [7, 11) is 0. The summed E-state index contributed by atoms with van der Waals surface area (Å²) >= 11 is 0. The summed E-state index contributed by atoms with van der Waals surface area (Å²) in [6.07, 6.45) is -0.800. The molecular weight excluding hydrogens is 148 g/mol. The predicted molar refractivity (Wildman–Crippen MR) is 38.9 cm³/mol. The van der Waals surface area contributed by atoms with Crippen LogP contribution < -0.4 is 11.1 Å². The molecule has 0 radical (unpaired) electrons. The van der Waals surface area contributed by atoms with Crippen LogP contribution in [0.1, 0.15) is 13.8 Å². The van der Waals surface area contributed by atoms with Crippen molar-refractivity contribution >= 4 is 12.1 Å². The van der Waals surface area contributed by atoms with Crippen LogP contribution in [0.2, 0.25) is 0 Å². The van der Waals surface area contributed by atoms with Gasteiger partial charge in [-0.15, -0.1) is 0 Å². The normalized spacial score (nSPS) is 9.36. The highest BCUT2D eigenvalue weighted by molar-refractivity contribution is 5.89. The minimum absolute atomic E-state index is 0.244. The molecule has 0 aromatic rings. The molecule has 11 heavy (non-hydrogen) atoms. The summed E-state index contributed by atoms with van der Waals surface area (Å²) in [4.78, 5) is 20.6. The summed E-state index contributed by atoms with van der Waals surface area (Å²) in [5, 5.41) is 1.78. The maximum Gasteiger partial charge on any atom is 0.415 e. The van der Waals surface area contributed by atoms with E-state index < -0.39 is 12.1 Å². The lowest BCUT2D eigenvalue weighted by atomic mass is 10.2. The van der Waals surface area contributed by atoms with Crippen LogP contribution in [0.15, 0.2) is 0 Å². The van der Waals surface area contributed by atoms with Gasteiger partial charge in [-0.05, 0) is 5.92 Å². The van der Waals surface area contributed by atoms with E-state index in [0.29, 0.717) is 0 Å². The van der Waals surface area contributed by atoms with Crippen LogP contribution in [0.25, 0.3) is 0 Å². The van der Waals surface area contributed by atoms with Gasteiger partial charge in [-0.25, -0.2) is 14.9 Å². The standard InChI is InChI=1S/C6H12N2O3/c1-4(2)3-11-6(10)8-5(7)9/h4H,3H2,1-2H3,(H3,7,8,9,10). The molecule has 0 heterocycles. The molecule has 5 heteroatoms. The average Bonchev–Trinajstić information content (AvgIpc) is 1.82. The Bertz CT molecular complexity index is 156. The topological polar surface area (TPSA) is 81.4 Å². The quantitative estimate of drug-likeness (QED) is 0.615. The molecule has 0 spiro atoms. The van der Waals surface area contributed by atoms with E-state index in [1.807, 2.05) is 13.8 Å². The number of carbonyl (C=O) groups excluding carboxylic acids is 2. The molecule has 0 bridgehead atoms. The Kier molecular flexibility index (Phi) is 4.02. The molecule has 5 nitrogen and oxygen atoms in total. The van der Waals surface area contributed by atoms with Crippen LogP contribution in [-0.4, -0.2) is 18.7 Å². The van der Waals surface area contributed by atoms with E-state index in [-0.39, 0.29) is 12.5 Å². The van der Waals surface area contributed by atoms with Crippen LogP contribution in [0.4, 0.5) is 9.59 Å². The highest BCUT2D eigenvalue weighted by Gasteiger charge is 2.04. The monoisotopic (exact) mass is 160 g/mol. The minimum atomic E-state index is -0.904. The predicted octanol–water partition coefficient (Wildman–Crippen LogP) is 0.447. The van der Waals surface area contributed by atoms with E-state index in [1.54, 1.807) is 5.32 Å². The van der Waals surface area contributed by atoms with Gasteiger partial charge in [-0.1, -0.05) is 13.8 Å². The van der Waals surface area contributed by atoms with E-state index in [9.17, 15) is 9.59 Å². The second-order valence-corrected chi connectivity index (χ2v) is 2.48. The number of amides is 3. The Hall–Kier alpha value is -1.26. The lowest BCUT2D eigenvalue weighted by molar-refractivity contribution is 0.135. The fourth-order valence-electron chi connectivity index (χ4n) is 0.379. The molecule has 0 aliphatic carbocycles. The second kappa shape index (κ2) is 4.54. The van der Waals surface area contributed by atoms with Crippen LogP contribution >= 0.6 is 0 Å². The highest BCUT2D eigenvalue weighted by Crippen LogP contribution is 1.91. The molecule has 0 aromatic heterocycles. The van der Waals surface area contributed by atoms with Gasteiger partial charge in [0.25, 0.3) is 0 Å². The van der Waals surface area contributed by atoms with E-state index >= 15 is 0 Å². The van der Waals surface area contributed by atoms with E-state index in [0.717, 1.165) is 0 Å². The van der Waals surface area contributed by atoms with Crippen molar-refractivity contribution in [3.05, 3.63) is 0 Å². The number of alkyl carbamates (subject to hydrolysis) is 1. The van der Waals surface area contributed by atoms with Gasteiger partial charge in [-0.2, -0.15) is 0 Å². The maximum absolute atomic E-state index is 10.5. The molecule has 0 unspecified atom stereocenters. The number of hydrogen-bond donors (Lipinski definition) is 2. The molecule has 0 fully saturated rings. The third kappa shape index (κ3) is 6.63. The molecule has 0 atom stereocenters. The number of ether oxygens (including phenoxy) is 1. The van der Waals surface area contributed by atoms with Gasteiger partial charge in [0.15, 0.2) is 0 Å². The zero-order chi connectivity index (χ0) is 8.85. The van der Waals surface area contributed by atoms with E-state index in [1.165, 1.54) is 0 Å². The van der Waals surface area contributed by atoms with Crippen LogP contribution in [0, 0.1) is 5.92 Å². The zero-order valence-electron chi connectivity index (χ0n) is 6.59. The van der Waals surface area contributed by atoms with Crippen molar-refractivity contribution in [3.63, 3.8) is 0 Å². The molecular formula is C6H12N2O3. The number of urea groups is 1. The third-order valence-electron chi connectivity index (χ3n) is 0.773. The number of primary amides is 1. The van der Waals surface area contributed by atoms with Crippen molar-refractivity contribution in [1.29, 1.82) is 0 Å². The third-order valence-corrected chi connectivity index (χ3v) is 0.773. The summed E-state index contributed by atoms with van der Waals surface area (Å²) < 4.78 is 4.56. The first-order valence-electron chi connectivity index (χ1n) is 3.25. The number of rotatable bonds is 2. The summed E-state index contributed by atoms with van der Waals surface area (Å²) in [6, 6.07) is -0.904. The van der Waals surface area contributed by atoms with Crippen LogP contribution in [0.5, 0.6) is 0 Å². The Labute approximate surface area is 64.9 Å². The first-order chi connectivity index (χ1) is 5.02. The lowest BCUT2D eigenvalue weighted by Crippen LogP contribution is -2.35. The average molecular weight is 160 g/mol. The molecule has 3 N–H and O–H groups in total. The summed E-state index contributed by atoms with van der Waals surface area (Å²) in [5.74, 6) is 0.244. The lowest BCUT2D eigenvalue weighted by Gasteiger charge is -2.05. The van der Waals surface area contributed by atoms with Crippen molar-refractivity contribution in [1.82, 2.24) is 5.32 Å². The minimum Gasteiger partial charge on any atom is -0.449 e. The molecule has 0 aliphatic heterocycles. The van der Waals surface area contributed by atoms with Crippen molar-refractivity contribution in [2.24, 2.45) is 11.7 Å². The SMILES string of the molecule is CC(C)COC(=O)NC(N)=O. The van der Waals surface area contributed by atoms with Gasteiger partial charge in [0.2, 0.25) is 0 Å². The smallest absolute Gasteiger partial charge is 0.415 e. The largest absolute Gasteiger partial charge is 0.449 e. The van der Waals surface area contributed by atoms with Crippen molar-refractivity contribution in [2.75, 3.05) is 6.61 Å². The zero-order valence-corrected chi connectivity index (χ0v) is 6.59. The molecule has 64 valence electrons. The number of hydrogen-bond acceptors (Lipinski definition) is 3. The second-order valence-electron chi connectivity index (χ2n) is 2.48. The summed E-state index contributed by atoms with van der Waals surface area (Å²) in [5.41, 5.74) is 4.65. The highest BCUT2D eigenvalue weighted by atomic mass is 16.5. The molecule has 0 aromatic carbocycles. The van der Waals surface area contributed by atoms with Gasteiger partial charge in [0.1, 0.15) is 0 Å². The van der Waals surface area contributed by atoms with E-state index in [2.05, 4.69) is 10.5 Å². The summed E-state index contributed by atoms with van der Waals surface area (Å²) in [6.45, 7) is 4.05. The first kappa shape index (κ1) is 9.74. The molecule has 3 amide bonds. The number of imide groups is 1. The van der Waals surface area contributed by atoms with Gasteiger partial charge in [-0.3, -0.25) is 0 Å². The van der Waals surface area contributed by atoms with Crippen molar-refractivity contribution in [2.45, 2.75) is 13.8 Å². The molecule has 0 aliphatic rings. The van der Waals surface area contributed by atoms with Gasteiger partial charge in [0.05, 0.1) is 6.61 Å². The fraction of sp³-hybridized carbons (Fsp3) is 0.667. The molecule has 0 saturated heterocycles. The van der Waals surface area contributed by atoms with Crippen LogP contribution in [-0.2, 0) is 4.74 Å². The number of carbonyl (C=O) groups is 2. The maximum atomic E-state index is 10.5. The van der Waals surface area contributed by atoms with Gasteiger partial charge < -0.3 is 10.5 Å². The van der Waals surface area contributed by atoms with Gasteiger partial charge in [0, 0.05) is 0 Å². The van der Waals surface area contributed by atoms with E-state index in [4.69, 9.17) is 0 Å². The fourth-order valence-corrected chi connectivity index (χ4v) is 0.379. The Morgan fingerprint density at radius 1 is 1.55 bits per heavy atom.